The van der Waals surface area contributed by atoms with E-state index in [1.807, 2.05) is 0 Å². The molecule has 4 atom stereocenters. The Kier molecular flexibility index (Phi) is 3.13. The highest BCUT2D eigenvalue weighted by Crippen LogP contribution is 2.31. The van der Waals surface area contributed by atoms with Crippen LogP contribution in [0.15, 0.2) is 11.1 Å². The van der Waals surface area contributed by atoms with E-state index in [9.17, 15) is 15.0 Å². The molecule has 108 valence electrons. The third-order valence-electron chi connectivity index (χ3n) is 3.21. The number of hydrogen-bond donors (Lipinski definition) is 4. The Labute approximate surface area is 117 Å². The molecule has 0 bridgehead atoms. The first-order chi connectivity index (χ1) is 9.52. The van der Waals surface area contributed by atoms with Crippen molar-refractivity contribution >= 4 is 28.7 Å². The molecular weight excluding hydrogens is 290 g/mol. The molecule has 1 aliphatic rings. The van der Waals surface area contributed by atoms with E-state index in [2.05, 4.69) is 15.0 Å². The molecule has 1 saturated heterocycles. The highest BCUT2D eigenvalue weighted by Gasteiger charge is 2.43. The Balaban J connectivity index is 2.09. The number of ether oxygens (including phenoxy) is 1. The largest absolute Gasteiger partial charge is 0.387 e. The minimum absolute atomic E-state index is 0.0253. The molecule has 1 unspecified atom stereocenters. The summed E-state index contributed by atoms with van der Waals surface area (Å²) >= 11 is 5.65. The van der Waals surface area contributed by atoms with E-state index in [0.717, 1.165) is 0 Å². The van der Waals surface area contributed by atoms with Crippen LogP contribution in [0.5, 0.6) is 0 Å². The van der Waals surface area contributed by atoms with Crippen LogP contribution >= 0.6 is 11.6 Å². The zero-order valence-corrected chi connectivity index (χ0v) is 10.9. The third-order valence-corrected chi connectivity index (χ3v) is 3.52. The van der Waals surface area contributed by atoms with Crippen molar-refractivity contribution in [3.63, 3.8) is 0 Å². The highest BCUT2D eigenvalue weighted by molar-refractivity contribution is 6.18. The fourth-order valence-corrected chi connectivity index (χ4v) is 2.47. The molecule has 0 spiro atoms. The first kappa shape index (κ1) is 13.3. The molecule has 0 radical (unpaired) electrons. The van der Waals surface area contributed by atoms with Crippen LogP contribution in [0.1, 0.15) is 6.23 Å². The number of rotatable bonds is 2. The Hall–Kier alpha value is -1.68. The van der Waals surface area contributed by atoms with Crippen molar-refractivity contribution in [2.24, 2.45) is 0 Å². The lowest BCUT2D eigenvalue weighted by Crippen LogP contribution is -2.32. The number of aromatic nitrogens is 4. The normalized spacial score (nSPS) is 30.1. The van der Waals surface area contributed by atoms with Gasteiger partial charge in [-0.3, -0.25) is 14.3 Å². The van der Waals surface area contributed by atoms with E-state index in [1.54, 1.807) is 0 Å². The van der Waals surface area contributed by atoms with Gasteiger partial charge in [0.15, 0.2) is 17.4 Å². The summed E-state index contributed by atoms with van der Waals surface area (Å²) in [6.45, 7) is 0. The van der Waals surface area contributed by atoms with E-state index in [1.165, 1.54) is 10.9 Å². The number of H-pyrrole nitrogens is 1. The molecular formula is C10H12ClN5O4. The average Bonchev–Trinajstić information content (AvgIpc) is 2.93. The van der Waals surface area contributed by atoms with Gasteiger partial charge < -0.3 is 20.7 Å². The SMILES string of the molecule is Nc1nc2c(ncn2[C@@H]2O[C@H](CCl)[C@H](O)C2O)c(=O)[nH]1. The number of aliphatic hydroxyl groups excluding tert-OH is 2. The van der Waals surface area contributed by atoms with Crippen LogP contribution in [-0.2, 0) is 4.74 Å². The molecule has 10 heteroatoms. The van der Waals surface area contributed by atoms with E-state index in [0.29, 0.717) is 0 Å². The van der Waals surface area contributed by atoms with E-state index < -0.39 is 30.1 Å². The molecule has 3 rings (SSSR count). The van der Waals surface area contributed by atoms with Gasteiger partial charge in [-0.05, 0) is 0 Å². The maximum Gasteiger partial charge on any atom is 0.280 e. The van der Waals surface area contributed by atoms with Crippen LogP contribution in [0.25, 0.3) is 11.2 Å². The lowest BCUT2D eigenvalue weighted by Gasteiger charge is -2.16. The summed E-state index contributed by atoms with van der Waals surface area (Å²) in [5.41, 5.74) is 5.23. The van der Waals surface area contributed by atoms with Gasteiger partial charge >= 0.3 is 0 Å². The van der Waals surface area contributed by atoms with Crippen molar-refractivity contribution in [2.45, 2.75) is 24.5 Å². The van der Waals surface area contributed by atoms with Crippen molar-refractivity contribution in [3.8, 4) is 0 Å². The van der Waals surface area contributed by atoms with Gasteiger partial charge in [-0.1, -0.05) is 0 Å². The van der Waals surface area contributed by atoms with Gasteiger partial charge in [0, 0.05) is 0 Å². The van der Waals surface area contributed by atoms with Crippen LogP contribution in [0.4, 0.5) is 5.95 Å². The van der Waals surface area contributed by atoms with Gasteiger partial charge in [0.1, 0.15) is 18.3 Å². The second kappa shape index (κ2) is 4.70. The average molecular weight is 302 g/mol. The number of imidazole rings is 1. The van der Waals surface area contributed by atoms with E-state index in [-0.39, 0.29) is 23.0 Å². The Morgan fingerprint density at radius 2 is 2.25 bits per heavy atom. The molecule has 1 fully saturated rings. The van der Waals surface area contributed by atoms with Crippen LogP contribution in [0.3, 0.4) is 0 Å². The minimum atomic E-state index is -1.21. The van der Waals surface area contributed by atoms with Gasteiger partial charge in [-0.15, -0.1) is 11.6 Å². The molecule has 3 heterocycles. The topological polar surface area (TPSA) is 139 Å². The number of halogens is 1. The Morgan fingerprint density at radius 3 is 2.90 bits per heavy atom. The summed E-state index contributed by atoms with van der Waals surface area (Å²) in [4.78, 5) is 21.9. The molecule has 0 saturated carbocycles. The molecule has 0 aromatic carbocycles. The van der Waals surface area contributed by atoms with Crippen LogP contribution < -0.4 is 11.3 Å². The van der Waals surface area contributed by atoms with Gasteiger partial charge in [0.25, 0.3) is 5.56 Å². The number of nitrogens with two attached hydrogens (primary N) is 1. The number of hydrogen-bond acceptors (Lipinski definition) is 7. The summed E-state index contributed by atoms with van der Waals surface area (Å²) in [6, 6.07) is 0. The van der Waals surface area contributed by atoms with Gasteiger partial charge in [-0.25, -0.2) is 4.98 Å². The zero-order valence-electron chi connectivity index (χ0n) is 10.1. The molecule has 9 nitrogen and oxygen atoms in total. The van der Waals surface area contributed by atoms with Crippen LogP contribution in [0.2, 0.25) is 0 Å². The lowest BCUT2D eigenvalue weighted by molar-refractivity contribution is -0.0291. The number of aromatic amines is 1. The molecule has 2 aromatic rings. The second-order valence-electron chi connectivity index (χ2n) is 4.48. The van der Waals surface area contributed by atoms with E-state index >= 15 is 0 Å². The monoisotopic (exact) mass is 301 g/mol. The highest BCUT2D eigenvalue weighted by atomic mass is 35.5. The standard InChI is InChI=1S/C10H12ClN5O4/c11-1-3-5(17)6(18)9(20-3)16-2-13-4-7(16)14-10(12)15-8(4)19/h2-3,5-6,9,17-18H,1H2,(H3,12,14,15,19)/t3-,5+,6?,9-/m1/s1. The molecule has 0 aliphatic carbocycles. The number of alkyl halides is 1. The summed E-state index contributed by atoms with van der Waals surface area (Å²) in [5.74, 6) is -0.0523. The third kappa shape index (κ3) is 1.86. The summed E-state index contributed by atoms with van der Waals surface area (Å²) in [7, 11) is 0. The quantitative estimate of drug-likeness (QED) is 0.498. The molecule has 20 heavy (non-hydrogen) atoms. The summed E-state index contributed by atoms with van der Waals surface area (Å²) in [6.07, 6.45) is -2.70. The number of nitrogens with one attached hydrogen (secondary N) is 1. The zero-order chi connectivity index (χ0) is 14.4. The fraction of sp³-hybridized carbons (Fsp3) is 0.500. The maximum absolute atomic E-state index is 11.7. The Morgan fingerprint density at radius 1 is 1.50 bits per heavy atom. The van der Waals surface area contributed by atoms with Crippen molar-refractivity contribution in [1.29, 1.82) is 0 Å². The molecule has 2 aromatic heterocycles. The fourth-order valence-electron chi connectivity index (χ4n) is 2.22. The smallest absolute Gasteiger partial charge is 0.280 e. The number of aliphatic hydroxyl groups is 2. The Bertz CT molecular complexity index is 701. The van der Waals surface area contributed by atoms with Crippen molar-refractivity contribution in [3.05, 3.63) is 16.7 Å². The molecule has 1 aliphatic heterocycles. The number of nitrogen functional groups attached to an aromatic ring is 1. The molecule has 0 amide bonds. The summed E-state index contributed by atoms with van der Waals surface area (Å²) in [5, 5.41) is 19.8. The maximum atomic E-state index is 11.7. The minimum Gasteiger partial charge on any atom is -0.387 e. The van der Waals surface area contributed by atoms with Crippen LogP contribution in [0, 0.1) is 0 Å². The van der Waals surface area contributed by atoms with Crippen LogP contribution in [-0.4, -0.2) is 53.9 Å². The second-order valence-corrected chi connectivity index (χ2v) is 4.78. The number of nitrogens with zero attached hydrogens (tertiary/aromatic N) is 3. The van der Waals surface area contributed by atoms with Crippen molar-refractivity contribution in [2.75, 3.05) is 11.6 Å². The van der Waals surface area contributed by atoms with Gasteiger partial charge in [-0.2, -0.15) is 4.98 Å². The van der Waals surface area contributed by atoms with Gasteiger partial charge in [0.05, 0.1) is 12.2 Å². The van der Waals surface area contributed by atoms with Gasteiger partial charge in [0.2, 0.25) is 5.95 Å². The predicted octanol–water partition coefficient (Wildman–Crippen LogP) is -1.44. The summed E-state index contributed by atoms with van der Waals surface area (Å²) < 4.78 is 6.81. The molecule has 5 N–H and O–H groups in total. The van der Waals surface area contributed by atoms with Crippen molar-refractivity contribution in [1.82, 2.24) is 19.5 Å². The van der Waals surface area contributed by atoms with E-state index in [4.69, 9.17) is 22.1 Å². The number of fused-ring (bicyclic) bond motifs is 1. The lowest BCUT2D eigenvalue weighted by atomic mass is 10.1. The number of anilines is 1. The first-order valence-corrected chi connectivity index (χ1v) is 6.36. The van der Waals surface area contributed by atoms with Crippen molar-refractivity contribution < 1.29 is 14.9 Å². The first-order valence-electron chi connectivity index (χ1n) is 5.83. The predicted molar refractivity (Wildman–Crippen MR) is 69.2 cm³/mol.